The molecule has 2 aromatic rings. The summed E-state index contributed by atoms with van der Waals surface area (Å²) in [5, 5.41) is 6.23. The average Bonchev–Trinajstić information content (AvgIpc) is 3.07. The molecular weight excluding hydrogens is 328 g/mol. The number of nitrogens with one attached hydrogen (secondary N) is 2. The van der Waals surface area contributed by atoms with Crippen molar-refractivity contribution in [2.24, 2.45) is 0 Å². The molecule has 0 saturated carbocycles. The Balaban J connectivity index is 1.63. The molecule has 0 bridgehead atoms. The van der Waals surface area contributed by atoms with Crippen molar-refractivity contribution in [1.82, 2.24) is 15.3 Å². The Kier molecular flexibility index (Phi) is 4.89. The zero-order chi connectivity index (χ0) is 17.0. The number of aromatic nitrogens is 2. The van der Waals surface area contributed by atoms with Gasteiger partial charge in [0.1, 0.15) is 11.1 Å². The molecule has 2 heterocycles. The van der Waals surface area contributed by atoms with Crippen molar-refractivity contribution in [3.63, 3.8) is 0 Å². The van der Waals surface area contributed by atoms with Crippen LogP contribution in [-0.2, 0) is 14.6 Å². The predicted molar refractivity (Wildman–Crippen MR) is 91.6 cm³/mol. The third kappa shape index (κ3) is 4.38. The van der Waals surface area contributed by atoms with Gasteiger partial charge in [-0.25, -0.2) is 18.4 Å². The van der Waals surface area contributed by atoms with Crippen LogP contribution in [0.1, 0.15) is 5.56 Å². The van der Waals surface area contributed by atoms with Crippen LogP contribution in [0.15, 0.2) is 47.6 Å². The van der Waals surface area contributed by atoms with Crippen molar-refractivity contribution in [3.8, 4) is 0 Å². The molecule has 1 aromatic carbocycles. The lowest BCUT2D eigenvalue weighted by atomic mass is 10.2. The van der Waals surface area contributed by atoms with Gasteiger partial charge in [-0.15, -0.1) is 0 Å². The van der Waals surface area contributed by atoms with Gasteiger partial charge in [-0.2, -0.15) is 0 Å². The summed E-state index contributed by atoms with van der Waals surface area (Å²) in [7, 11) is -3.29. The molecule has 0 amide bonds. The Hall–Kier alpha value is -2.29. The molecule has 1 fully saturated rings. The number of anilines is 2. The fourth-order valence-electron chi connectivity index (χ4n) is 2.15. The number of sulfone groups is 1. The predicted octanol–water partition coefficient (Wildman–Crippen LogP) is 1.58. The lowest BCUT2D eigenvalue weighted by Gasteiger charge is -2.06. The molecular formula is C16H18N4O3S. The lowest BCUT2D eigenvalue weighted by molar-refractivity contribution is 0.138. The minimum absolute atomic E-state index is 0.0236. The molecule has 1 aliphatic heterocycles. The monoisotopic (exact) mass is 346 g/mol. The first-order chi connectivity index (χ1) is 11.5. The Morgan fingerprint density at radius 3 is 2.54 bits per heavy atom. The van der Waals surface area contributed by atoms with Crippen LogP contribution in [-0.4, -0.2) is 44.0 Å². The number of ether oxygens (including phenoxy) is 1. The van der Waals surface area contributed by atoms with Crippen LogP contribution in [0.25, 0.3) is 6.08 Å². The van der Waals surface area contributed by atoms with E-state index in [-0.39, 0.29) is 11.1 Å². The molecule has 7 nitrogen and oxygen atoms in total. The maximum absolute atomic E-state index is 11.4. The van der Waals surface area contributed by atoms with Crippen molar-refractivity contribution >= 4 is 27.5 Å². The maximum atomic E-state index is 11.4. The lowest BCUT2D eigenvalue weighted by Crippen LogP contribution is -2.19. The third-order valence-corrected chi connectivity index (χ3v) is 4.50. The molecule has 1 unspecified atom stereocenters. The highest BCUT2D eigenvalue weighted by molar-refractivity contribution is 7.90. The number of benzene rings is 1. The van der Waals surface area contributed by atoms with Crippen molar-refractivity contribution in [2.75, 3.05) is 24.7 Å². The van der Waals surface area contributed by atoms with Crippen molar-refractivity contribution < 1.29 is 13.2 Å². The molecule has 2 N–H and O–H groups in total. The second-order valence-corrected chi connectivity index (χ2v) is 7.38. The minimum atomic E-state index is -3.29. The molecule has 0 aliphatic carbocycles. The molecule has 24 heavy (non-hydrogen) atoms. The largest absolute Gasteiger partial charge is 0.358 e. The van der Waals surface area contributed by atoms with Gasteiger partial charge in [-0.05, 0) is 23.8 Å². The van der Waals surface area contributed by atoms with Gasteiger partial charge < -0.3 is 10.1 Å². The Labute approximate surface area is 140 Å². The van der Waals surface area contributed by atoms with E-state index < -0.39 is 9.84 Å². The van der Waals surface area contributed by atoms with Gasteiger partial charge in [0.15, 0.2) is 9.84 Å². The maximum Gasteiger partial charge on any atom is 0.227 e. The summed E-state index contributed by atoms with van der Waals surface area (Å²) in [5.41, 5.74) is 1.86. The van der Waals surface area contributed by atoms with E-state index in [0.29, 0.717) is 5.95 Å². The molecule has 8 heteroatoms. The molecule has 3 rings (SSSR count). The minimum Gasteiger partial charge on any atom is -0.358 e. The average molecular weight is 346 g/mol. The first-order valence-corrected chi connectivity index (χ1v) is 9.32. The highest BCUT2D eigenvalue weighted by Crippen LogP contribution is 2.16. The fraction of sp³-hybridized carbons (Fsp3) is 0.250. The van der Waals surface area contributed by atoms with Crippen LogP contribution in [0.2, 0.25) is 0 Å². The summed E-state index contributed by atoms with van der Waals surface area (Å²) in [6, 6.07) is 7.71. The highest BCUT2D eigenvalue weighted by atomic mass is 32.2. The normalized spacial score (nSPS) is 18.1. The van der Waals surface area contributed by atoms with Gasteiger partial charge in [0.25, 0.3) is 0 Å². The molecule has 1 saturated heterocycles. The van der Waals surface area contributed by atoms with Crippen molar-refractivity contribution in [2.45, 2.75) is 11.1 Å². The summed E-state index contributed by atoms with van der Waals surface area (Å²) in [6.45, 7) is 1.60. The summed E-state index contributed by atoms with van der Waals surface area (Å²) in [4.78, 5) is 8.12. The van der Waals surface area contributed by atoms with Crippen LogP contribution in [0.5, 0.6) is 0 Å². The molecule has 0 spiro atoms. The quantitative estimate of drug-likeness (QED) is 0.849. The summed E-state index contributed by atoms with van der Waals surface area (Å²) < 4.78 is 28.2. The third-order valence-electron chi connectivity index (χ3n) is 3.43. The van der Waals surface area contributed by atoms with Crippen LogP contribution in [0, 0.1) is 0 Å². The standard InChI is InChI=1S/C16H18N4O3S/c1-24(21,22)14-10-18-16(19-11-14)20-13-5-2-12(3-6-13)4-7-15-17-8-9-23-15/h2-7,10-11,15,17H,8-9H2,1H3,(H,18,19,20). The van der Waals surface area contributed by atoms with Gasteiger partial charge >= 0.3 is 0 Å². The molecule has 1 aromatic heterocycles. The summed E-state index contributed by atoms with van der Waals surface area (Å²) >= 11 is 0. The zero-order valence-corrected chi connectivity index (χ0v) is 14.0. The van der Waals surface area contributed by atoms with E-state index >= 15 is 0 Å². The van der Waals surface area contributed by atoms with E-state index in [1.54, 1.807) is 0 Å². The Morgan fingerprint density at radius 1 is 1.25 bits per heavy atom. The van der Waals surface area contributed by atoms with Crippen LogP contribution >= 0.6 is 0 Å². The van der Waals surface area contributed by atoms with Crippen LogP contribution in [0.4, 0.5) is 11.6 Å². The number of rotatable bonds is 5. The highest BCUT2D eigenvalue weighted by Gasteiger charge is 2.10. The van der Waals surface area contributed by atoms with E-state index in [1.165, 1.54) is 12.4 Å². The Morgan fingerprint density at radius 2 is 1.96 bits per heavy atom. The van der Waals surface area contributed by atoms with Gasteiger partial charge in [-0.3, -0.25) is 5.32 Å². The van der Waals surface area contributed by atoms with E-state index in [9.17, 15) is 8.42 Å². The van der Waals surface area contributed by atoms with E-state index in [4.69, 9.17) is 4.74 Å². The smallest absolute Gasteiger partial charge is 0.227 e. The zero-order valence-electron chi connectivity index (χ0n) is 13.1. The second kappa shape index (κ2) is 7.08. The van der Waals surface area contributed by atoms with E-state index in [2.05, 4.69) is 20.6 Å². The topological polar surface area (TPSA) is 93.2 Å². The SMILES string of the molecule is CS(=O)(=O)c1cnc(Nc2ccc(C=CC3NCCO3)cc2)nc1. The molecule has 1 aliphatic rings. The molecule has 1 atom stereocenters. The first kappa shape index (κ1) is 16.6. The van der Waals surface area contributed by atoms with Gasteiger partial charge in [0.2, 0.25) is 5.95 Å². The van der Waals surface area contributed by atoms with Crippen molar-refractivity contribution in [1.29, 1.82) is 0 Å². The summed E-state index contributed by atoms with van der Waals surface area (Å²) in [5.74, 6) is 0.342. The first-order valence-electron chi connectivity index (χ1n) is 7.43. The van der Waals surface area contributed by atoms with Gasteiger partial charge in [0.05, 0.1) is 19.0 Å². The number of hydrogen-bond acceptors (Lipinski definition) is 7. The molecule has 0 radical (unpaired) electrons. The molecule has 126 valence electrons. The fourth-order valence-corrected chi connectivity index (χ4v) is 2.64. The van der Waals surface area contributed by atoms with Crippen LogP contribution < -0.4 is 10.6 Å². The van der Waals surface area contributed by atoms with Gasteiger partial charge in [-0.1, -0.05) is 18.2 Å². The summed E-state index contributed by atoms with van der Waals surface area (Å²) in [6.07, 6.45) is 7.64. The van der Waals surface area contributed by atoms with Gasteiger partial charge in [0, 0.05) is 18.5 Å². The Bertz CT molecular complexity index is 811. The van der Waals surface area contributed by atoms with Crippen molar-refractivity contribution in [3.05, 3.63) is 48.3 Å². The van der Waals surface area contributed by atoms with E-state index in [0.717, 1.165) is 30.7 Å². The number of nitrogens with zero attached hydrogens (tertiary/aromatic N) is 2. The second-order valence-electron chi connectivity index (χ2n) is 5.37. The van der Waals surface area contributed by atoms with Crippen LogP contribution in [0.3, 0.4) is 0 Å². The van der Waals surface area contributed by atoms with E-state index in [1.807, 2.05) is 36.4 Å². The number of hydrogen-bond donors (Lipinski definition) is 2.